The second-order valence-corrected chi connectivity index (χ2v) is 5.27. The van der Waals surface area contributed by atoms with Crippen LogP contribution in [0.3, 0.4) is 0 Å². The predicted octanol–water partition coefficient (Wildman–Crippen LogP) is 1.44. The quantitative estimate of drug-likeness (QED) is 0.124. The first kappa shape index (κ1) is 28.3. The van der Waals surface area contributed by atoms with Gasteiger partial charge in [-0.3, -0.25) is 40.5 Å². The Kier molecular flexibility index (Phi) is 8.15. The van der Waals surface area contributed by atoms with Crippen LogP contribution < -0.4 is 0 Å². The summed E-state index contributed by atoms with van der Waals surface area (Å²) < 4.78 is 112. The molecule has 0 saturated carbocycles. The van der Waals surface area contributed by atoms with E-state index in [1.807, 2.05) is 0 Å². The zero-order chi connectivity index (χ0) is 25.9. The van der Waals surface area contributed by atoms with Gasteiger partial charge in [0.15, 0.2) is 0 Å². The fourth-order valence-corrected chi connectivity index (χ4v) is 1.87. The zero-order valence-corrected chi connectivity index (χ0v) is 14.4. The van der Waals surface area contributed by atoms with E-state index < -0.39 is 75.1 Å². The maximum Gasteiger partial charge on any atom is 0.559 e. The molecule has 0 aliphatic carbocycles. The van der Waals surface area contributed by atoms with Gasteiger partial charge in [0.2, 0.25) is 13.3 Å². The number of ether oxygens (including phenoxy) is 2. The lowest BCUT2D eigenvalue weighted by Gasteiger charge is -2.31. The summed E-state index contributed by atoms with van der Waals surface area (Å²) in [4.78, 5) is 43.3. The van der Waals surface area contributed by atoms with Crippen LogP contribution >= 0.6 is 0 Å². The molecule has 0 amide bonds. The molecule has 0 N–H and O–H groups in total. The summed E-state index contributed by atoms with van der Waals surface area (Å²) >= 11 is 0. The van der Waals surface area contributed by atoms with Gasteiger partial charge in [-0.05, 0) is 0 Å². The summed E-state index contributed by atoms with van der Waals surface area (Å²) in [5.41, 5.74) is -10.9. The summed E-state index contributed by atoms with van der Waals surface area (Å²) in [6.45, 7) is -6.65. The van der Waals surface area contributed by atoms with E-state index in [1.54, 1.807) is 0 Å². The molecule has 0 rings (SSSR count). The number of alkyl halides is 8. The van der Waals surface area contributed by atoms with Gasteiger partial charge in [-0.2, -0.15) is 8.78 Å². The third kappa shape index (κ3) is 3.83. The van der Waals surface area contributed by atoms with Gasteiger partial charge in [-0.1, -0.05) is 0 Å². The van der Waals surface area contributed by atoms with Crippen molar-refractivity contribution in [1.82, 2.24) is 0 Å². The molecule has 0 radical (unpaired) electrons. The van der Waals surface area contributed by atoms with Crippen LogP contribution in [0.1, 0.15) is 0 Å². The molecular weight excluding hydrogens is 492 g/mol. The highest BCUT2D eigenvalue weighted by atomic mass is 19.3. The van der Waals surface area contributed by atoms with E-state index in [2.05, 4.69) is 9.47 Å². The molecule has 32 heavy (non-hydrogen) atoms. The van der Waals surface area contributed by atoms with Crippen LogP contribution in [0.15, 0.2) is 0 Å². The molecule has 23 heteroatoms. The van der Waals surface area contributed by atoms with Crippen molar-refractivity contribution in [3.63, 3.8) is 0 Å². The molecule has 0 bridgehead atoms. The Bertz CT molecular complexity index is 711. The van der Waals surface area contributed by atoms with E-state index in [-0.39, 0.29) is 0 Å². The van der Waals surface area contributed by atoms with Gasteiger partial charge in [0, 0.05) is 0 Å². The highest BCUT2D eigenvalue weighted by Crippen LogP contribution is 2.42. The van der Waals surface area contributed by atoms with Gasteiger partial charge in [-0.15, -0.1) is 0 Å². The van der Waals surface area contributed by atoms with Crippen LogP contribution in [0.5, 0.6) is 0 Å². The molecular formula is C9H6F8N4O11. The molecule has 0 saturated heterocycles. The van der Waals surface area contributed by atoms with Crippen molar-refractivity contribution in [1.29, 1.82) is 0 Å². The maximum absolute atomic E-state index is 14.4. The molecule has 2 unspecified atom stereocenters. The molecule has 0 aliphatic rings. The first-order valence-corrected chi connectivity index (χ1v) is 6.95. The Morgan fingerprint density at radius 2 is 0.906 bits per heavy atom. The topological polar surface area (TPSA) is 208 Å². The third-order valence-electron chi connectivity index (χ3n) is 3.70. The minimum atomic E-state index is -6.09. The number of nitro groups is 4. The first-order valence-electron chi connectivity index (χ1n) is 6.95. The van der Waals surface area contributed by atoms with E-state index in [0.29, 0.717) is 0 Å². The summed E-state index contributed by atoms with van der Waals surface area (Å²) in [6.07, 6.45) is -14.3. The first-order chi connectivity index (χ1) is 14.4. The zero-order valence-electron chi connectivity index (χ0n) is 14.4. The Balaban J connectivity index is 6.65. The molecule has 0 spiro atoms. The summed E-state index contributed by atoms with van der Waals surface area (Å²) in [7, 11) is 0. The molecule has 0 aromatic rings. The standard InChI is InChI=1S/C9H6F8N4O11/c10-1-6(18(23)24,19(25)26)8(16,3(12)13)31-5(22)32-9(17,4(14)15)7(2-11,20(27)28)21(29)30/h3-4H,1-2H2. The number of carbonyl (C=O) groups is 1. The summed E-state index contributed by atoms with van der Waals surface area (Å²) in [6, 6.07) is 0. The van der Waals surface area contributed by atoms with Crippen LogP contribution in [0.2, 0.25) is 0 Å². The Morgan fingerprint density at radius 3 is 1.03 bits per heavy atom. The van der Waals surface area contributed by atoms with Crippen molar-refractivity contribution >= 4 is 6.16 Å². The highest BCUT2D eigenvalue weighted by Gasteiger charge is 2.85. The average Bonchev–Trinajstić information content (AvgIpc) is 2.61. The van der Waals surface area contributed by atoms with Crippen molar-refractivity contribution in [3.8, 4) is 0 Å². The van der Waals surface area contributed by atoms with Gasteiger partial charge >= 0.3 is 42.0 Å². The number of carbonyl (C=O) groups excluding carboxylic acids is 1. The smallest absolute Gasteiger partial charge is 0.378 e. The molecule has 184 valence electrons. The number of halogens is 8. The summed E-state index contributed by atoms with van der Waals surface area (Å²) in [5, 5.41) is 42.8. The van der Waals surface area contributed by atoms with Crippen molar-refractivity contribution in [2.45, 2.75) is 35.9 Å². The molecule has 0 heterocycles. The molecule has 15 nitrogen and oxygen atoms in total. The van der Waals surface area contributed by atoms with Gasteiger partial charge in [-0.25, -0.2) is 31.1 Å². The Hall–Kier alpha value is -3.69. The molecule has 2 atom stereocenters. The van der Waals surface area contributed by atoms with Crippen LogP contribution in [-0.4, -0.2) is 75.1 Å². The normalized spacial score (nSPS) is 16.1. The highest BCUT2D eigenvalue weighted by molar-refractivity contribution is 5.61. The van der Waals surface area contributed by atoms with Crippen molar-refractivity contribution in [2.75, 3.05) is 13.3 Å². The van der Waals surface area contributed by atoms with Crippen molar-refractivity contribution < 1.29 is 69.1 Å². The second kappa shape index (κ2) is 9.21. The lowest BCUT2D eigenvalue weighted by Crippen LogP contribution is -2.70. The largest absolute Gasteiger partial charge is 0.559 e. The second-order valence-electron chi connectivity index (χ2n) is 5.27. The van der Waals surface area contributed by atoms with Crippen LogP contribution in [0.4, 0.5) is 39.9 Å². The van der Waals surface area contributed by atoms with E-state index >= 15 is 0 Å². The number of hydrogen-bond acceptors (Lipinski definition) is 11. The van der Waals surface area contributed by atoms with Gasteiger partial charge < -0.3 is 9.47 Å². The number of hydrogen-bond donors (Lipinski definition) is 0. The number of rotatable bonds is 12. The molecule has 0 aromatic carbocycles. The SMILES string of the molecule is O=C(OC(F)(C(F)F)C(CF)([N+](=O)[O-])[N+](=O)[O-])OC(F)(C(F)F)C(CF)([N+](=O)[O-])[N+](=O)[O-]. The average molecular weight is 498 g/mol. The molecule has 0 aromatic heterocycles. The number of nitrogens with zero attached hydrogens (tertiary/aromatic N) is 4. The lowest BCUT2D eigenvalue weighted by molar-refractivity contribution is -0.828. The third-order valence-corrected chi connectivity index (χ3v) is 3.70. The van der Waals surface area contributed by atoms with Gasteiger partial charge in [0.1, 0.15) is 19.7 Å². The maximum atomic E-state index is 14.4. The van der Waals surface area contributed by atoms with Crippen LogP contribution in [-0.2, 0) is 9.47 Å². The Labute approximate surface area is 166 Å². The van der Waals surface area contributed by atoms with Gasteiger partial charge in [0.25, 0.3) is 0 Å². The minimum absolute atomic E-state index is 2.71. The minimum Gasteiger partial charge on any atom is -0.378 e. The van der Waals surface area contributed by atoms with E-state index in [0.717, 1.165) is 0 Å². The van der Waals surface area contributed by atoms with E-state index in [1.165, 1.54) is 0 Å². The summed E-state index contributed by atoms with van der Waals surface area (Å²) in [5.74, 6) is -12.2. The fourth-order valence-electron chi connectivity index (χ4n) is 1.87. The van der Waals surface area contributed by atoms with Crippen molar-refractivity contribution in [3.05, 3.63) is 40.5 Å². The van der Waals surface area contributed by atoms with E-state index in [9.17, 15) is 80.4 Å². The van der Waals surface area contributed by atoms with Crippen LogP contribution in [0.25, 0.3) is 0 Å². The van der Waals surface area contributed by atoms with Gasteiger partial charge in [0.05, 0.1) is 0 Å². The molecule has 0 fully saturated rings. The predicted molar refractivity (Wildman–Crippen MR) is 72.6 cm³/mol. The molecule has 0 aliphatic heterocycles. The fraction of sp³-hybridized carbons (Fsp3) is 0.889. The Morgan fingerprint density at radius 1 is 0.688 bits per heavy atom. The van der Waals surface area contributed by atoms with Crippen molar-refractivity contribution in [2.24, 2.45) is 0 Å². The van der Waals surface area contributed by atoms with E-state index in [4.69, 9.17) is 0 Å². The monoisotopic (exact) mass is 498 g/mol. The van der Waals surface area contributed by atoms with Crippen LogP contribution in [0, 0.1) is 40.5 Å². The lowest BCUT2D eigenvalue weighted by atomic mass is 10.0.